The van der Waals surface area contributed by atoms with Gasteiger partial charge in [-0.25, -0.2) is 4.98 Å². The number of rotatable bonds is 15. The van der Waals surface area contributed by atoms with Crippen molar-refractivity contribution in [3.05, 3.63) is 71.7 Å². The van der Waals surface area contributed by atoms with Crippen LogP contribution in [0.15, 0.2) is 54.5 Å². The van der Waals surface area contributed by atoms with Crippen molar-refractivity contribution in [2.75, 3.05) is 49.7 Å². The number of aryl methyl sites for hydroxylation is 3. The monoisotopic (exact) mass is 646 g/mol. The van der Waals surface area contributed by atoms with Crippen LogP contribution in [0.2, 0.25) is 0 Å². The highest BCUT2D eigenvalue weighted by atomic mass is 16.2. The highest BCUT2D eigenvalue weighted by Gasteiger charge is 2.20. The van der Waals surface area contributed by atoms with Crippen LogP contribution in [0.4, 0.5) is 17.2 Å². The summed E-state index contributed by atoms with van der Waals surface area (Å²) >= 11 is 0. The molecule has 0 radical (unpaired) electrons. The molecule has 1 aliphatic carbocycles. The lowest BCUT2D eigenvalue weighted by atomic mass is 10.2. The molecule has 0 saturated heterocycles. The highest BCUT2D eigenvalue weighted by Crippen LogP contribution is 2.18. The number of nitrogens with zero attached hydrogens (tertiary/aromatic N) is 5. The molecule has 5 N–H and O–H groups in total. The van der Waals surface area contributed by atoms with Gasteiger partial charge in [0, 0.05) is 64.8 Å². The molecule has 0 bridgehead atoms. The van der Waals surface area contributed by atoms with Crippen LogP contribution in [-0.4, -0.2) is 86.9 Å². The molecule has 15 nitrogen and oxygen atoms in total. The minimum atomic E-state index is -0.521. The Labute approximate surface area is 273 Å². The number of hydrogen-bond acceptors (Lipinski definition) is 7. The van der Waals surface area contributed by atoms with E-state index in [-0.39, 0.29) is 41.5 Å². The van der Waals surface area contributed by atoms with Crippen molar-refractivity contribution in [2.45, 2.75) is 25.7 Å². The molecule has 3 aromatic heterocycles. The zero-order valence-electron chi connectivity index (χ0n) is 27.3. The lowest BCUT2D eigenvalue weighted by Crippen LogP contribution is -2.28. The molecule has 47 heavy (non-hydrogen) atoms. The summed E-state index contributed by atoms with van der Waals surface area (Å²) in [5.74, 6) is -1.42. The van der Waals surface area contributed by atoms with E-state index in [1.807, 2.05) is 31.1 Å². The third-order valence-electron chi connectivity index (χ3n) is 7.33. The van der Waals surface area contributed by atoms with Crippen LogP contribution in [-0.2, 0) is 30.7 Å². The molecule has 0 fully saturated rings. The first kappa shape index (κ1) is 34.4. The Bertz CT molecular complexity index is 1710. The van der Waals surface area contributed by atoms with Crippen molar-refractivity contribution in [3.8, 4) is 0 Å². The average molecular weight is 647 g/mol. The van der Waals surface area contributed by atoms with Gasteiger partial charge in [0.1, 0.15) is 11.4 Å². The fourth-order valence-corrected chi connectivity index (χ4v) is 4.91. The normalized spacial score (nSPS) is 12.2. The summed E-state index contributed by atoms with van der Waals surface area (Å²) in [6.07, 6.45) is 12.4. The molecule has 5 amide bonds. The summed E-state index contributed by atoms with van der Waals surface area (Å²) in [5.41, 5.74) is 2.23. The molecule has 15 heteroatoms. The topological polar surface area (TPSA) is 176 Å². The first-order chi connectivity index (χ1) is 22.4. The third-order valence-corrected chi connectivity index (χ3v) is 7.33. The molecular formula is C32H42N10O5. The molecule has 0 unspecified atom stereocenters. The number of aromatic nitrogens is 4. The van der Waals surface area contributed by atoms with Gasteiger partial charge in [0.05, 0.1) is 11.4 Å². The summed E-state index contributed by atoms with van der Waals surface area (Å²) in [6.45, 7) is 1.76. The molecular weight excluding hydrogens is 604 g/mol. The van der Waals surface area contributed by atoms with Crippen LogP contribution in [0.5, 0.6) is 0 Å². The number of amides is 5. The predicted octanol–water partition coefficient (Wildman–Crippen LogP) is 2.00. The molecule has 1 aliphatic rings. The average Bonchev–Trinajstić information content (AvgIpc) is 3.81. The van der Waals surface area contributed by atoms with E-state index in [0.29, 0.717) is 48.6 Å². The van der Waals surface area contributed by atoms with Crippen molar-refractivity contribution in [3.63, 3.8) is 0 Å². The van der Waals surface area contributed by atoms with Crippen LogP contribution in [0.25, 0.3) is 0 Å². The molecule has 0 aliphatic heterocycles. The number of imidazole rings is 1. The van der Waals surface area contributed by atoms with Gasteiger partial charge in [-0.1, -0.05) is 18.2 Å². The fraction of sp³-hybridized carbons (Fsp3) is 0.375. The van der Waals surface area contributed by atoms with Crippen molar-refractivity contribution in [2.24, 2.45) is 21.1 Å². The predicted molar refractivity (Wildman–Crippen MR) is 178 cm³/mol. The van der Waals surface area contributed by atoms with Crippen LogP contribution in [0, 0.1) is 0 Å². The summed E-state index contributed by atoms with van der Waals surface area (Å²) in [6, 6.07) is 3.12. The number of carbonyl (C=O) groups is 5. The largest absolute Gasteiger partial charge is 0.352 e. The SMILES string of the molecule is CN(C)CCCNC(=O)c1cc(NC(=O)c2nc(NC(=O)c3cc(NC(=O)CCCNC(=O)C4=CC=CC4)cn3C)cn2C)cn1C. The Kier molecular flexibility index (Phi) is 11.5. The van der Waals surface area contributed by atoms with Gasteiger partial charge in [0.15, 0.2) is 5.82 Å². The van der Waals surface area contributed by atoms with E-state index in [1.54, 1.807) is 54.8 Å². The number of allylic oxidation sites excluding steroid dienone is 3. The summed E-state index contributed by atoms with van der Waals surface area (Å²) in [7, 11) is 8.95. The molecule has 3 aromatic rings. The molecule has 0 atom stereocenters. The lowest BCUT2D eigenvalue weighted by Gasteiger charge is -2.10. The van der Waals surface area contributed by atoms with Crippen LogP contribution in [0.1, 0.15) is 57.3 Å². The van der Waals surface area contributed by atoms with Gasteiger partial charge in [-0.15, -0.1) is 0 Å². The zero-order chi connectivity index (χ0) is 34.1. The summed E-state index contributed by atoms with van der Waals surface area (Å²) < 4.78 is 4.68. The maximum Gasteiger partial charge on any atom is 0.291 e. The molecule has 0 spiro atoms. The number of hydrogen-bond donors (Lipinski definition) is 5. The Hall–Kier alpha value is -5.44. The van der Waals surface area contributed by atoms with Crippen LogP contribution < -0.4 is 26.6 Å². The van der Waals surface area contributed by atoms with Gasteiger partial charge in [-0.3, -0.25) is 24.0 Å². The first-order valence-corrected chi connectivity index (χ1v) is 15.3. The Morgan fingerprint density at radius 2 is 1.40 bits per heavy atom. The number of nitrogens with one attached hydrogen (secondary N) is 5. The van der Waals surface area contributed by atoms with Crippen molar-refractivity contribution < 1.29 is 24.0 Å². The first-order valence-electron chi connectivity index (χ1n) is 15.3. The van der Waals surface area contributed by atoms with E-state index in [4.69, 9.17) is 0 Å². The van der Waals surface area contributed by atoms with Gasteiger partial charge in [0.2, 0.25) is 17.6 Å². The molecule has 0 saturated carbocycles. The van der Waals surface area contributed by atoms with E-state index in [1.165, 1.54) is 16.8 Å². The van der Waals surface area contributed by atoms with Crippen molar-refractivity contribution >= 4 is 46.7 Å². The van der Waals surface area contributed by atoms with Gasteiger partial charge < -0.3 is 45.2 Å². The van der Waals surface area contributed by atoms with E-state index >= 15 is 0 Å². The maximum absolute atomic E-state index is 13.0. The third kappa shape index (κ3) is 9.53. The lowest BCUT2D eigenvalue weighted by molar-refractivity contribution is -0.118. The zero-order valence-corrected chi connectivity index (χ0v) is 27.3. The van der Waals surface area contributed by atoms with E-state index in [0.717, 1.165) is 13.0 Å². The second-order valence-electron chi connectivity index (χ2n) is 11.6. The van der Waals surface area contributed by atoms with E-state index in [9.17, 15) is 24.0 Å². The van der Waals surface area contributed by atoms with E-state index in [2.05, 4.69) is 31.6 Å². The molecule has 0 aromatic carbocycles. The minimum absolute atomic E-state index is 0.0477. The van der Waals surface area contributed by atoms with Crippen LogP contribution >= 0.6 is 0 Å². The Balaban J connectivity index is 1.27. The van der Waals surface area contributed by atoms with Crippen molar-refractivity contribution in [1.82, 2.24) is 34.2 Å². The molecule has 3 heterocycles. The minimum Gasteiger partial charge on any atom is -0.352 e. The van der Waals surface area contributed by atoms with Gasteiger partial charge in [-0.2, -0.15) is 0 Å². The fourth-order valence-electron chi connectivity index (χ4n) is 4.91. The highest BCUT2D eigenvalue weighted by molar-refractivity contribution is 6.06. The standard InChI is InChI=1S/C32H42N10O5/c1-39(2)15-9-14-34-30(45)24-17-23(19-40(24)3)36-32(47)28-37-26(20-42(28)5)38-31(46)25-16-22(18-41(25)4)35-27(43)12-8-13-33-29(44)21-10-6-7-11-21/h6-7,10,16-20H,8-9,11-15H2,1-5H3,(H,33,44)(H,34,45)(H,35,43)(H,36,47)(H,38,46). The second-order valence-corrected chi connectivity index (χ2v) is 11.6. The Morgan fingerprint density at radius 1 is 0.766 bits per heavy atom. The number of anilines is 3. The summed E-state index contributed by atoms with van der Waals surface area (Å²) in [5, 5.41) is 13.9. The van der Waals surface area contributed by atoms with Crippen LogP contribution in [0.3, 0.4) is 0 Å². The van der Waals surface area contributed by atoms with Gasteiger partial charge in [-0.05, 0) is 52.0 Å². The molecule has 250 valence electrons. The van der Waals surface area contributed by atoms with Crippen molar-refractivity contribution in [1.29, 1.82) is 0 Å². The summed E-state index contributed by atoms with van der Waals surface area (Å²) in [4.78, 5) is 69.4. The quantitative estimate of drug-likeness (QED) is 0.157. The molecule has 4 rings (SSSR count). The van der Waals surface area contributed by atoms with E-state index < -0.39 is 11.8 Å². The Morgan fingerprint density at radius 3 is 2.06 bits per heavy atom. The second kappa shape index (κ2) is 15.7. The smallest absolute Gasteiger partial charge is 0.291 e. The number of carbonyl (C=O) groups excluding carboxylic acids is 5. The van der Waals surface area contributed by atoms with Gasteiger partial charge >= 0.3 is 0 Å². The van der Waals surface area contributed by atoms with Gasteiger partial charge in [0.25, 0.3) is 17.7 Å². The maximum atomic E-state index is 13.0.